The van der Waals surface area contributed by atoms with Crippen LogP contribution in [0.15, 0.2) is 28.8 Å². The molecule has 0 bridgehead atoms. The van der Waals surface area contributed by atoms with Crippen molar-refractivity contribution in [3.63, 3.8) is 0 Å². The van der Waals surface area contributed by atoms with Crippen LogP contribution in [0.2, 0.25) is 5.15 Å². The third-order valence-electron chi connectivity index (χ3n) is 2.24. The van der Waals surface area contributed by atoms with Gasteiger partial charge >= 0.3 is 5.91 Å². The highest BCUT2D eigenvalue weighted by Gasteiger charge is 2.28. The lowest BCUT2D eigenvalue weighted by Gasteiger charge is -2.22. The van der Waals surface area contributed by atoms with Crippen LogP contribution in [0.3, 0.4) is 0 Å². The standard InChI is InChI=1S/C11H11ClN4O2/c1-6(2)8-11(17)16(3)15-10(18-8)7-9(12)14-5-4-13-7/h4-5H,1-3H3. The molecule has 94 valence electrons. The van der Waals surface area contributed by atoms with Crippen LogP contribution in [0.5, 0.6) is 0 Å². The van der Waals surface area contributed by atoms with Crippen molar-refractivity contribution in [1.82, 2.24) is 15.0 Å². The maximum absolute atomic E-state index is 11.8. The van der Waals surface area contributed by atoms with Gasteiger partial charge in [0, 0.05) is 19.4 Å². The lowest BCUT2D eigenvalue weighted by atomic mass is 10.2. The molecule has 0 aliphatic carbocycles. The molecule has 1 aliphatic heterocycles. The molecule has 0 radical (unpaired) electrons. The smallest absolute Gasteiger partial charge is 0.309 e. The van der Waals surface area contributed by atoms with E-state index >= 15 is 0 Å². The highest BCUT2D eigenvalue weighted by Crippen LogP contribution is 2.20. The summed E-state index contributed by atoms with van der Waals surface area (Å²) >= 11 is 5.92. The molecule has 2 rings (SSSR count). The van der Waals surface area contributed by atoms with Gasteiger partial charge in [-0.25, -0.2) is 15.0 Å². The number of nitrogens with zero attached hydrogens (tertiary/aromatic N) is 4. The van der Waals surface area contributed by atoms with Gasteiger partial charge in [-0.15, -0.1) is 5.10 Å². The van der Waals surface area contributed by atoms with Crippen LogP contribution in [0.4, 0.5) is 0 Å². The number of rotatable bonds is 1. The Hall–Kier alpha value is -1.95. The van der Waals surface area contributed by atoms with E-state index < -0.39 is 0 Å². The van der Waals surface area contributed by atoms with Crippen LogP contribution >= 0.6 is 11.6 Å². The first kappa shape index (κ1) is 12.5. The van der Waals surface area contributed by atoms with Gasteiger partial charge in [0.1, 0.15) is 0 Å². The number of ether oxygens (including phenoxy) is 1. The van der Waals surface area contributed by atoms with E-state index in [1.54, 1.807) is 13.8 Å². The summed E-state index contributed by atoms with van der Waals surface area (Å²) in [6.07, 6.45) is 2.94. The maximum atomic E-state index is 11.8. The molecule has 18 heavy (non-hydrogen) atoms. The second-order valence-corrected chi connectivity index (χ2v) is 4.22. The molecular formula is C11H11ClN4O2. The van der Waals surface area contributed by atoms with Crippen molar-refractivity contribution >= 4 is 23.4 Å². The van der Waals surface area contributed by atoms with Gasteiger partial charge in [-0.2, -0.15) is 0 Å². The van der Waals surface area contributed by atoms with E-state index in [0.717, 1.165) is 5.57 Å². The van der Waals surface area contributed by atoms with E-state index in [1.165, 1.54) is 24.5 Å². The molecule has 0 fully saturated rings. The average Bonchev–Trinajstić information content (AvgIpc) is 2.33. The number of halogens is 1. The van der Waals surface area contributed by atoms with Crippen molar-refractivity contribution in [3.05, 3.63) is 34.6 Å². The molecule has 1 aliphatic rings. The van der Waals surface area contributed by atoms with Crippen molar-refractivity contribution in [3.8, 4) is 0 Å². The number of amides is 1. The minimum Gasteiger partial charge on any atom is -0.430 e. The number of carbonyl (C=O) groups excluding carboxylic acids is 1. The Morgan fingerprint density at radius 1 is 1.33 bits per heavy atom. The summed E-state index contributed by atoms with van der Waals surface area (Å²) in [7, 11) is 1.54. The Labute approximate surface area is 109 Å². The van der Waals surface area contributed by atoms with Gasteiger partial charge in [0.05, 0.1) is 0 Å². The first-order chi connectivity index (χ1) is 8.50. The highest BCUT2D eigenvalue weighted by atomic mass is 35.5. The second-order valence-electron chi connectivity index (χ2n) is 3.86. The molecule has 1 aromatic heterocycles. The van der Waals surface area contributed by atoms with Crippen LogP contribution in [0.1, 0.15) is 19.5 Å². The Bertz CT molecular complexity index is 564. The molecule has 1 amide bonds. The maximum Gasteiger partial charge on any atom is 0.309 e. The number of hydrogen-bond acceptors (Lipinski definition) is 5. The predicted octanol–water partition coefficient (Wildman–Crippen LogP) is 1.57. The van der Waals surface area contributed by atoms with E-state index in [9.17, 15) is 4.79 Å². The molecule has 2 heterocycles. The Morgan fingerprint density at radius 2 is 2.00 bits per heavy atom. The molecule has 0 saturated heterocycles. The number of hydrogen-bond donors (Lipinski definition) is 0. The molecule has 7 heteroatoms. The summed E-state index contributed by atoms with van der Waals surface area (Å²) in [4.78, 5) is 19.7. The topological polar surface area (TPSA) is 67.7 Å². The van der Waals surface area contributed by atoms with Crippen molar-refractivity contribution < 1.29 is 9.53 Å². The number of allylic oxidation sites excluding steroid dienone is 1. The third-order valence-corrected chi connectivity index (χ3v) is 2.51. The molecule has 6 nitrogen and oxygen atoms in total. The monoisotopic (exact) mass is 266 g/mol. The van der Waals surface area contributed by atoms with Gasteiger partial charge in [0.15, 0.2) is 16.6 Å². The van der Waals surface area contributed by atoms with Gasteiger partial charge in [-0.3, -0.25) is 4.79 Å². The van der Waals surface area contributed by atoms with Crippen LogP contribution in [-0.2, 0) is 9.53 Å². The molecule has 0 unspecified atom stereocenters. The number of carbonyl (C=O) groups is 1. The van der Waals surface area contributed by atoms with E-state index in [1.807, 2.05) is 0 Å². The minimum atomic E-state index is -0.307. The first-order valence-corrected chi connectivity index (χ1v) is 5.57. The number of likely N-dealkylation sites (N-methyl/N-ethyl adjacent to an activating group) is 1. The van der Waals surface area contributed by atoms with Gasteiger partial charge in [0.2, 0.25) is 0 Å². The Balaban J connectivity index is 2.48. The fourth-order valence-electron chi connectivity index (χ4n) is 1.37. The number of aromatic nitrogens is 2. The average molecular weight is 267 g/mol. The van der Waals surface area contributed by atoms with Gasteiger partial charge < -0.3 is 4.74 Å². The van der Waals surface area contributed by atoms with Crippen LogP contribution in [0, 0.1) is 0 Å². The highest BCUT2D eigenvalue weighted by molar-refractivity contribution is 6.32. The summed E-state index contributed by atoms with van der Waals surface area (Å²) in [6.45, 7) is 3.56. The zero-order valence-corrected chi connectivity index (χ0v) is 10.9. The Kier molecular flexibility index (Phi) is 3.29. The van der Waals surface area contributed by atoms with E-state index in [4.69, 9.17) is 16.3 Å². The molecule has 0 N–H and O–H groups in total. The van der Waals surface area contributed by atoms with Gasteiger partial charge in [-0.1, -0.05) is 11.6 Å². The zero-order chi connectivity index (χ0) is 13.3. The lowest BCUT2D eigenvalue weighted by Crippen LogP contribution is -2.33. The van der Waals surface area contributed by atoms with Crippen LogP contribution < -0.4 is 0 Å². The molecule has 0 aromatic carbocycles. The first-order valence-electron chi connectivity index (χ1n) is 5.19. The molecule has 1 aromatic rings. The molecule has 0 spiro atoms. The van der Waals surface area contributed by atoms with Crippen molar-refractivity contribution in [2.45, 2.75) is 13.8 Å². The summed E-state index contributed by atoms with van der Waals surface area (Å²) in [6, 6.07) is 0. The quantitative estimate of drug-likeness (QED) is 0.724. The van der Waals surface area contributed by atoms with Crippen molar-refractivity contribution in [1.29, 1.82) is 0 Å². The zero-order valence-electron chi connectivity index (χ0n) is 10.1. The van der Waals surface area contributed by atoms with Gasteiger partial charge in [0.25, 0.3) is 5.90 Å². The molecular weight excluding hydrogens is 256 g/mol. The minimum absolute atomic E-state index is 0.159. The van der Waals surface area contributed by atoms with Gasteiger partial charge in [-0.05, 0) is 19.4 Å². The Morgan fingerprint density at radius 3 is 2.61 bits per heavy atom. The predicted molar refractivity (Wildman–Crippen MR) is 65.8 cm³/mol. The summed E-state index contributed by atoms with van der Waals surface area (Å²) in [5.74, 6) is 0.0781. The second kappa shape index (κ2) is 4.73. The van der Waals surface area contributed by atoms with E-state index in [0.29, 0.717) is 5.69 Å². The molecule has 0 saturated carbocycles. The van der Waals surface area contributed by atoms with Crippen molar-refractivity contribution in [2.24, 2.45) is 5.10 Å². The third kappa shape index (κ3) is 2.19. The summed E-state index contributed by atoms with van der Waals surface area (Å²) < 4.78 is 5.45. The van der Waals surface area contributed by atoms with E-state index in [-0.39, 0.29) is 22.7 Å². The SMILES string of the molecule is CC(C)=C1OC(c2nccnc2Cl)=NN(C)C1=O. The fourth-order valence-corrected chi connectivity index (χ4v) is 1.55. The van der Waals surface area contributed by atoms with Crippen molar-refractivity contribution in [2.75, 3.05) is 7.05 Å². The van der Waals surface area contributed by atoms with Crippen LogP contribution in [0.25, 0.3) is 0 Å². The summed E-state index contributed by atoms with van der Waals surface area (Å²) in [5.41, 5.74) is 1.05. The normalized spacial score (nSPS) is 15.3. The number of hydrazone groups is 1. The molecule has 0 atom stereocenters. The van der Waals surface area contributed by atoms with E-state index in [2.05, 4.69) is 15.1 Å². The fraction of sp³-hybridized carbons (Fsp3) is 0.273. The summed E-state index contributed by atoms with van der Waals surface area (Å²) in [5, 5.41) is 5.34. The van der Waals surface area contributed by atoms with Crippen LogP contribution in [-0.4, -0.2) is 33.8 Å². The lowest BCUT2D eigenvalue weighted by molar-refractivity contribution is -0.129. The largest absolute Gasteiger partial charge is 0.430 e.